The normalized spacial score (nSPS) is 16.8. The van der Waals surface area contributed by atoms with Crippen molar-refractivity contribution in [2.45, 2.75) is 44.9 Å². The highest BCUT2D eigenvalue weighted by molar-refractivity contribution is 7.15. The molecule has 0 atom stereocenters. The SMILES string of the molecule is Cc1ccc(CC(=O)Nc2nnc(C3CC(Cc4nnc(NC(=O)Cc5ccccn5)s4)C3)s2)nc1. The van der Waals surface area contributed by atoms with E-state index in [2.05, 4.69) is 41.0 Å². The van der Waals surface area contributed by atoms with Crippen molar-refractivity contribution in [1.29, 1.82) is 0 Å². The number of nitrogens with one attached hydrogen (secondary N) is 2. The lowest BCUT2D eigenvalue weighted by Gasteiger charge is -2.32. The van der Waals surface area contributed by atoms with Crippen LogP contribution in [0.5, 0.6) is 0 Å². The summed E-state index contributed by atoms with van der Waals surface area (Å²) in [6, 6.07) is 9.28. The summed E-state index contributed by atoms with van der Waals surface area (Å²) in [4.78, 5) is 32.9. The summed E-state index contributed by atoms with van der Waals surface area (Å²) < 4.78 is 0. The summed E-state index contributed by atoms with van der Waals surface area (Å²) in [5.74, 6) is 0.506. The van der Waals surface area contributed by atoms with Crippen LogP contribution in [-0.4, -0.2) is 42.2 Å². The molecular weight excluding hydrogens is 496 g/mol. The van der Waals surface area contributed by atoms with Crippen LogP contribution in [0.3, 0.4) is 0 Å². The molecule has 2 N–H and O–H groups in total. The lowest BCUT2D eigenvalue weighted by atomic mass is 9.74. The minimum absolute atomic E-state index is 0.153. The number of carbonyl (C=O) groups excluding carboxylic acids is 2. The van der Waals surface area contributed by atoms with Crippen LogP contribution in [0.1, 0.15) is 45.7 Å². The van der Waals surface area contributed by atoms with Crippen LogP contribution in [0.15, 0.2) is 42.7 Å². The van der Waals surface area contributed by atoms with E-state index in [-0.39, 0.29) is 24.7 Å². The smallest absolute Gasteiger partial charge is 0.232 e. The molecule has 0 radical (unpaired) electrons. The zero-order valence-electron chi connectivity index (χ0n) is 19.5. The summed E-state index contributed by atoms with van der Waals surface area (Å²) in [5.41, 5.74) is 2.49. The summed E-state index contributed by atoms with van der Waals surface area (Å²) in [5, 5.41) is 25.2. The summed E-state index contributed by atoms with van der Waals surface area (Å²) in [6.45, 7) is 1.96. The van der Waals surface area contributed by atoms with Crippen LogP contribution >= 0.6 is 22.7 Å². The molecule has 0 spiro atoms. The van der Waals surface area contributed by atoms with Crippen molar-refractivity contribution < 1.29 is 9.59 Å². The molecule has 1 fully saturated rings. The zero-order valence-corrected chi connectivity index (χ0v) is 21.2. The second-order valence-corrected chi connectivity index (χ2v) is 10.9. The van der Waals surface area contributed by atoms with Gasteiger partial charge in [0, 0.05) is 36.1 Å². The van der Waals surface area contributed by atoms with Gasteiger partial charge >= 0.3 is 0 Å². The van der Waals surface area contributed by atoms with E-state index in [9.17, 15) is 9.59 Å². The Morgan fingerprint density at radius 3 is 2.31 bits per heavy atom. The number of nitrogens with zero attached hydrogens (tertiary/aromatic N) is 6. The molecule has 4 heterocycles. The number of anilines is 2. The molecule has 1 aliphatic carbocycles. The first-order valence-corrected chi connectivity index (χ1v) is 13.2. The summed E-state index contributed by atoms with van der Waals surface area (Å²) in [6.07, 6.45) is 6.60. The van der Waals surface area contributed by atoms with Crippen LogP contribution in [0.25, 0.3) is 0 Å². The molecule has 36 heavy (non-hydrogen) atoms. The van der Waals surface area contributed by atoms with Crippen LogP contribution in [-0.2, 0) is 28.9 Å². The molecule has 0 unspecified atom stereocenters. The van der Waals surface area contributed by atoms with Gasteiger partial charge in [0.05, 0.1) is 12.8 Å². The first kappa shape index (κ1) is 24.1. The molecule has 4 aromatic heterocycles. The van der Waals surface area contributed by atoms with E-state index in [0.29, 0.717) is 27.8 Å². The second kappa shape index (κ2) is 11.0. The van der Waals surface area contributed by atoms with Gasteiger partial charge in [0.2, 0.25) is 22.1 Å². The Balaban J connectivity index is 1.05. The van der Waals surface area contributed by atoms with Crippen LogP contribution in [0, 0.1) is 12.8 Å². The zero-order chi connectivity index (χ0) is 24.9. The molecule has 0 bridgehead atoms. The number of rotatable bonds is 9. The number of aryl methyl sites for hydroxylation is 1. The molecule has 0 aromatic carbocycles. The van der Waals surface area contributed by atoms with E-state index in [1.165, 1.54) is 22.7 Å². The summed E-state index contributed by atoms with van der Waals surface area (Å²) >= 11 is 2.83. The van der Waals surface area contributed by atoms with E-state index in [4.69, 9.17) is 0 Å². The molecule has 0 aliphatic heterocycles. The van der Waals surface area contributed by atoms with Gasteiger partial charge in [-0.1, -0.05) is 34.8 Å². The number of hydrogen-bond acceptors (Lipinski definition) is 10. The fourth-order valence-electron chi connectivity index (χ4n) is 3.95. The predicted octanol–water partition coefficient (Wildman–Crippen LogP) is 3.59. The van der Waals surface area contributed by atoms with E-state index < -0.39 is 0 Å². The van der Waals surface area contributed by atoms with Gasteiger partial charge in [-0.15, -0.1) is 20.4 Å². The fraction of sp³-hybridized carbons (Fsp3) is 0.333. The standard InChI is InChI=1S/C24H24N8O2S2/c1-14-5-6-18(26-13-14)12-20(34)28-24-32-30-22(36-24)16-8-15(9-16)10-21-29-31-23(35-21)27-19(33)11-17-4-2-3-7-25-17/h2-7,13,15-16H,8-12H2,1H3,(H,27,31,33)(H,28,32,34). The van der Waals surface area contributed by atoms with Gasteiger partial charge in [-0.3, -0.25) is 19.6 Å². The Morgan fingerprint density at radius 2 is 1.61 bits per heavy atom. The van der Waals surface area contributed by atoms with Crippen LogP contribution < -0.4 is 10.6 Å². The third-order valence-corrected chi connectivity index (χ3v) is 7.69. The van der Waals surface area contributed by atoms with Crippen molar-refractivity contribution in [3.8, 4) is 0 Å². The first-order valence-electron chi connectivity index (χ1n) is 11.6. The topological polar surface area (TPSA) is 136 Å². The van der Waals surface area contributed by atoms with Crippen molar-refractivity contribution in [3.05, 3.63) is 69.7 Å². The monoisotopic (exact) mass is 520 g/mol. The Bertz CT molecular complexity index is 1330. The molecule has 1 saturated carbocycles. The maximum atomic E-state index is 12.3. The number of hydrogen-bond donors (Lipinski definition) is 2. The lowest BCUT2D eigenvalue weighted by molar-refractivity contribution is -0.116. The third-order valence-electron chi connectivity index (χ3n) is 5.83. The van der Waals surface area contributed by atoms with E-state index in [0.717, 1.165) is 40.5 Å². The number of aromatic nitrogens is 6. The molecule has 4 aromatic rings. The highest BCUT2D eigenvalue weighted by Gasteiger charge is 2.33. The molecule has 12 heteroatoms. The fourth-order valence-corrected chi connectivity index (χ4v) is 5.71. The Labute approximate surface area is 215 Å². The maximum absolute atomic E-state index is 12.3. The van der Waals surface area contributed by atoms with E-state index in [1.807, 2.05) is 37.3 Å². The Morgan fingerprint density at radius 1 is 0.889 bits per heavy atom. The van der Waals surface area contributed by atoms with Gasteiger partial charge in [-0.2, -0.15) is 0 Å². The third kappa shape index (κ3) is 6.32. The average Bonchev–Trinajstić information content (AvgIpc) is 3.47. The van der Waals surface area contributed by atoms with Crippen molar-refractivity contribution >= 4 is 44.8 Å². The molecule has 10 nitrogen and oxygen atoms in total. The van der Waals surface area contributed by atoms with Crippen LogP contribution in [0.2, 0.25) is 0 Å². The number of pyridine rings is 2. The van der Waals surface area contributed by atoms with Crippen molar-refractivity contribution in [1.82, 2.24) is 30.4 Å². The second-order valence-electron chi connectivity index (χ2n) is 8.78. The molecular formula is C24H24N8O2S2. The highest BCUT2D eigenvalue weighted by Crippen LogP contribution is 2.44. The van der Waals surface area contributed by atoms with Gasteiger partial charge < -0.3 is 10.6 Å². The summed E-state index contributed by atoms with van der Waals surface area (Å²) in [7, 11) is 0. The van der Waals surface area contributed by atoms with Crippen molar-refractivity contribution in [2.75, 3.05) is 10.6 Å². The van der Waals surface area contributed by atoms with Gasteiger partial charge in [-0.05, 0) is 49.4 Å². The van der Waals surface area contributed by atoms with Gasteiger partial charge in [0.1, 0.15) is 10.0 Å². The molecule has 1 aliphatic rings. The van der Waals surface area contributed by atoms with Crippen LogP contribution in [0.4, 0.5) is 10.3 Å². The predicted molar refractivity (Wildman–Crippen MR) is 137 cm³/mol. The van der Waals surface area contributed by atoms with E-state index >= 15 is 0 Å². The minimum atomic E-state index is -0.158. The van der Waals surface area contributed by atoms with Gasteiger partial charge in [0.15, 0.2) is 0 Å². The number of carbonyl (C=O) groups is 2. The quantitative estimate of drug-likeness (QED) is 0.342. The lowest BCUT2D eigenvalue weighted by Crippen LogP contribution is -2.23. The first-order chi connectivity index (χ1) is 17.5. The highest BCUT2D eigenvalue weighted by atomic mass is 32.1. The van der Waals surface area contributed by atoms with Gasteiger partial charge in [0.25, 0.3) is 0 Å². The maximum Gasteiger partial charge on any atom is 0.232 e. The van der Waals surface area contributed by atoms with Gasteiger partial charge in [-0.25, -0.2) is 0 Å². The number of amides is 2. The molecule has 5 rings (SSSR count). The van der Waals surface area contributed by atoms with E-state index in [1.54, 1.807) is 12.4 Å². The Hall–Kier alpha value is -3.64. The molecule has 184 valence electrons. The van der Waals surface area contributed by atoms with Crippen molar-refractivity contribution in [2.24, 2.45) is 5.92 Å². The van der Waals surface area contributed by atoms with Crippen molar-refractivity contribution in [3.63, 3.8) is 0 Å². The Kier molecular flexibility index (Phi) is 7.33. The molecule has 2 amide bonds. The largest absolute Gasteiger partial charge is 0.300 e. The molecule has 0 saturated heterocycles. The average molecular weight is 521 g/mol. The minimum Gasteiger partial charge on any atom is -0.300 e.